The molecule has 0 unspecified atom stereocenters. The number of carbonyl (C=O) groups is 1. The third kappa shape index (κ3) is 4.92. The highest BCUT2D eigenvalue weighted by Crippen LogP contribution is 2.20. The molecule has 0 aromatic heterocycles. The molecule has 1 heterocycles. The predicted octanol–water partition coefficient (Wildman–Crippen LogP) is 1.34. The molecule has 0 spiro atoms. The quantitative estimate of drug-likeness (QED) is 0.754. The molecule has 0 atom stereocenters. The number of nitrogens with one attached hydrogen (secondary N) is 1. The fraction of sp³-hybridized carbons (Fsp3) is 0.278. The van der Waals surface area contributed by atoms with Crippen LogP contribution in [0.2, 0.25) is 0 Å². The summed E-state index contributed by atoms with van der Waals surface area (Å²) in [6, 6.07) is 10.7. The summed E-state index contributed by atoms with van der Waals surface area (Å²) in [5.74, 6) is -1.01. The van der Waals surface area contributed by atoms with Gasteiger partial charge in [0.05, 0.1) is 16.8 Å². The van der Waals surface area contributed by atoms with E-state index in [0.717, 1.165) is 12.3 Å². The molecule has 1 fully saturated rings. The van der Waals surface area contributed by atoms with Crippen LogP contribution in [0.5, 0.6) is 0 Å². The zero-order valence-corrected chi connectivity index (χ0v) is 17.2. The van der Waals surface area contributed by atoms with Crippen LogP contribution in [-0.2, 0) is 20.0 Å². The van der Waals surface area contributed by atoms with Crippen molar-refractivity contribution in [2.45, 2.75) is 4.90 Å². The van der Waals surface area contributed by atoms with Crippen LogP contribution in [-0.4, -0.2) is 64.4 Å². The lowest BCUT2D eigenvalue weighted by Crippen LogP contribution is -2.50. The van der Waals surface area contributed by atoms with E-state index in [-0.39, 0.29) is 48.2 Å². The molecule has 2 aromatic rings. The van der Waals surface area contributed by atoms with Gasteiger partial charge in [-0.3, -0.25) is 9.52 Å². The maximum atomic E-state index is 13.7. The Balaban J connectivity index is 1.70. The summed E-state index contributed by atoms with van der Waals surface area (Å²) in [7, 11) is -7.31. The maximum absolute atomic E-state index is 13.7. The van der Waals surface area contributed by atoms with E-state index < -0.39 is 25.9 Å². The van der Waals surface area contributed by atoms with Crippen molar-refractivity contribution in [1.82, 2.24) is 9.21 Å². The lowest BCUT2D eigenvalue weighted by atomic mass is 10.2. The summed E-state index contributed by atoms with van der Waals surface area (Å²) in [6.07, 6.45) is 1.12. The van der Waals surface area contributed by atoms with E-state index in [1.165, 1.54) is 51.7 Å². The normalized spacial score (nSPS) is 15.9. The Labute approximate surface area is 169 Å². The Morgan fingerprint density at radius 1 is 0.931 bits per heavy atom. The highest BCUT2D eigenvalue weighted by molar-refractivity contribution is 7.92. The molecule has 29 heavy (non-hydrogen) atoms. The molecule has 11 heteroatoms. The minimum atomic E-state index is -4.02. The Morgan fingerprint density at radius 2 is 1.52 bits per heavy atom. The average Bonchev–Trinajstić information content (AvgIpc) is 2.68. The van der Waals surface area contributed by atoms with Crippen molar-refractivity contribution >= 4 is 31.6 Å². The van der Waals surface area contributed by atoms with Crippen LogP contribution < -0.4 is 4.72 Å². The zero-order valence-electron chi connectivity index (χ0n) is 15.6. The lowest BCUT2D eigenvalue weighted by Gasteiger charge is -2.33. The van der Waals surface area contributed by atoms with E-state index in [1.54, 1.807) is 0 Å². The van der Waals surface area contributed by atoms with E-state index in [0.29, 0.717) is 0 Å². The number of rotatable bonds is 5. The standard InChI is InChI=1S/C18H20FN3O5S2/c1-28(24,25)22-12-10-21(11-13-22)18(23)14-6-8-15(9-7-14)29(26,27)20-17-5-3-2-4-16(17)19/h2-9,20H,10-13H2,1H3. The molecule has 0 radical (unpaired) electrons. The van der Waals surface area contributed by atoms with Gasteiger partial charge in [0.15, 0.2) is 0 Å². The average molecular weight is 442 g/mol. The van der Waals surface area contributed by atoms with E-state index in [1.807, 2.05) is 0 Å². The molecule has 2 aromatic carbocycles. The van der Waals surface area contributed by atoms with E-state index in [4.69, 9.17) is 0 Å². The summed E-state index contributed by atoms with van der Waals surface area (Å²) in [4.78, 5) is 14.0. The van der Waals surface area contributed by atoms with E-state index in [9.17, 15) is 26.0 Å². The molecule has 0 saturated carbocycles. The second-order valence-electron chi connectivity index (χ2n) is 6.56. The SMILES string of the molecule is CS(=O)(=O)N1CCN(C(=O)c2ccc(S(=O)(=O)Nc3ccccc3F)cc2)CC1. The van der Waals surface area contributed by atoms with Crippen molar-refractivity contribution in [2.24, 2.45) is 0 Å². The monoisotopic (exact) mass is 441 g/mol. The fourth-order valence-corrected chi connectivity index (χ4v) is 4.82. The largest absolute Gasteiger partial charge is 0.336 e. The third-order valence-electron chi connectivity index (χ3n) is 4.52. The molecular formula is C18H20FN3O5S2. The highest BCUT2D eigenvalue weighted by atomic mass is 32.2. The van der Waals surface area contributed by atoms with Crippen LogP contribution in [0, 0.1) is 5.82 Å². The number of para-hydroxylation sites is 1. The summed E-state index contributed by atoms with van der Waals surface area (Å²) in [5.41, 5.74) is 0.110. The summed E-state index contributed by atoms with van der Waals surface area (Å²) in [5, 5.41) is 0. The van der Waals surface area contributed by atoms with Crippen LogP contribution in [0.4, 0.5) is 10.1 Å². The Hall–Kier alpha value is -2.50. The van der Waals surface area contributed by atoms with Crippen LogP contribution in [0.25, 0.3) is 0 Å². The first-order chi connectivity index (χ1) is 13.6. The van der Waals surface area contributed by atoms with Gasteiger partial charge in [-0.05, 0) is 36.4 Å². The number of hydrogen-bond acceptors (Lipinski definition) is 5. The minimum Gasteiger partial charge on any atom is -0.336 e. The van der Waals surface area contributed by atoms with Crippen molar-refractivity contribution in [3.63, 3.8) is 0 Å². The van der Waals surface area contributed by atoms with Crippen LogP contribution >= 0.6 is 0 Å². The zero-order chi connectivity index (χ0) is 21.2. The number of carbonyl (C=O) groups excluding carboxylic acids is 1. The second kappa shape index (κ2) is 8.09. The van der Waals surface area contributed by atoms with Gasteiger partial charge in [-0.1, -0.05) is 12.1 Å². The molecule has 1 amide bonds. The number of benzene rings is 2. The second-order valence-corrected chi connectivity index (χ2v) is 10.2. The Morgan fingerprint density at radius 3 is 2.07 bits per heavy atom. The summed E-state index contributed by atoms with van der Waals surface area (Å²) >= 11 is 0. The first-order valence-corrected chi connectivity index (χ1v) is 12.0. The molecular weight excluding hydrogens is 421 g/mol. The van der Waals surface area contributed by atoms with Crippen LogP contribution in [0.15, 0.2) is 53.4 Å². The van der Waals surface area contributed by atoms with Gasteiger partial charge in [-0.15, -0.1) is 0 Å². The van der Waals surface area contributed by atoms with Crippen molar-refractivity contribution in [1.29, 1.82) is 0 Å². The van der Waals surface area contributed by atoms with Crippen molar-refractivity contribution in [3.05, 3.63) is 59.9 Å². The first kappa shape index (κ1) is 21.2. The molecule has 1 N–H and O–H groups in total. The number of sulfonamides is 2. The predicted molar refractivity (Wildman–Crippen MR) is 106 cm³/mol. The van der Waals surface area contributed by atoms with Crippen molar-refractivity contribution in [3.8, 4) is 0 Å². The Bertz CT molecular complexity index is 1110. The van der Waals surface area contributed by atoms with Crippen molar-refractivity contribution < 1.29 is 26.0 Å². The van der Waals surface area contributed by atoms with Crippen molar-refractivity contribution in [2.75, 3.05) is 37.2 Å². The lowest BCUT2D eigenvalue weighted by molar-refractivity contribution is 0.0698. The number of nitrogens with zero attached hydrogens (tertiary/aromatic N) is 2. The van der Waals surface area contributed by atoms with E-state index in [2.05, 4.69) is 4.72 Å². The van der Waals surface area contributed by atoms with E-state index >= 15 is 0 Å². The fourth-order valence-electron chi connectivity index (χ4n) is 2.93. The number of halogens is 1. The topological polar surface area (TPSA) is 104 Å². The first-order valence-electron chi connectivity index (χ1n) is 8.70. The number of hydrogen-bond donors (Lipinski definition) is 1. The molecule has 156 valence electrons. The molecule has 8 nitrogen and oxygen atoms in total. The van der Waals surface area contributed by atoms with Gasteiger partial charge in [0.2, 0.25) is 10.0 Å². The highest BCUT2D eigenvalue weighted by Gasteiger charge is 2.27. The van der Waals surface area contributed by atoms with Gasteiger partial charge in [-0.2, -0.15) is 4.31 Å². The number of piperazine rings is 1. The minimum absolute atomic E-state index is 0.112. The smallest absolute Gasteiger partial charge is 0.261 e. The van der Waals surface area contributed by atoms with Gasteiger partial charge >= 0.3 is 0 Å². The van der Waals surface area contributed by atoms with Gasteiger partial charge in [-0.25, -0.2) is 21.2 Å². The van der Waals surface area contributed by atoms with Crippen LogP contribution in [0.1, 0.15) is 10.4 Å². The van der Waals surface area contributed by atoms with Gasteiger partial charge in [0.1, 0.15) is 5.82 Å². The molecule has 1 aliphatic heterocycles. The van der Waals surface area contributed by atoms with Gasteiger partial charge < -0.3 is 4.90 Å². The number of anilines is 1. The Kier molecular flexibility index (Phi) is 5.92. The third-order valence-corrected chi connectivity index (χ3v) is 7.21. The number of amides is 1. The molecule has 0 aliphatic carbocycles. The van der Waals surface area contributed by atoms with Crippen LogP contribution in [0.3, 0.4) is 0 Å². The molecule has 0 bridgehead atoms. The van der Waals surface area contributed by atoms with Gasteiger partial charge in [0, 0.05) is 31.7 Å². The van der Waals surface area contributed by atoms with Gasteiger partial charge in [0.25, 0.3) is 15.9 Å². The molecule has 1 aliphatic rings. The summed E-state index contributed by atoms with van der Waals surface area (Å²) < 4.78 is 65.1. The molecule has 3 rings (SSSR count). The summed E-state index contributed by atoms with van der Waals surface area (Å²) in [6.45, 7) is 0.925. The molecule has 1 saturated heterocycles. The maximum Gasteiger partial charge on any atom is 0.261 e.